The molecule has 0 saturated heterocycles. The van der Waals surface area contributed by atoms with E-state index in [9.17, 15) is 8.42 Å². The lowest BCUT2D eigenvalue weighted by Crippen LogP contribution is -2.36. The first-order valence-corrected chi connectivity index (χ1v) is 8.03. The standard InChI is InChI=1S/C13H20N2O2S/c14-7-3-4-8-18(16,17)15-13-9-11-5-1-2-6-12(11)10-13/h1-2,5-6,13,15H,3-4,7-10,14H2. The lowest BCUT2D eigenvalue weighted by atomic mass is 10.1. The molecule has 1 aliphatic carbocycles. The first kappa shape index (κ1) is 13.5. The van der Waals surface area contributed by atoms with E-state index in [1.54, 1.807) is 0 Å². The van der Waals surface area contributed by atoms with Crippen LogP contribution in [0.3, 0.4) is 0 Å². The van der Waals surface area contributed by atoms with E-state index in [1.807, 2.05) is 12.1 Å². The Morgan fingerprint density at radius 3 is 2.33 bits per heavy atom. The molecule has 0 unspecified atom stereocenters. The van der Waals surface area contributed by atoms with Gasteiger partial charge in [-0.05, 0) is 43.4 Å². The average Bonchev–Trinajstić information content (AvgIpc) is 2.70. The van der Waals surface area contributed by atoms with Gasteiger partial charge in [0.2, 0.25) is 10.0 Å². The quantitative estimate of drug-likeness (QED) is 0.750. The number of hydrogen-bond acceptors (Lipinski definition) is 3. The summed E-state index contributed by atoms with van der Waals surface area (Å²) in [6, 6.07) is 8.15. The first-order chi connectivity index (χ1) is 8.61. The van der Waals surface area contributed by atoms with Crippen molar-refractivity contribution in [2.24, 2.45) is 5.73 Å². The molecule has 1 aromatic carbocycles. The summed E-state index contributed by atoms with van der Waals surface area (Å²) in [6.07, 6.45) is 2.98. The molecule has 0 aliphatic heterocycles. The molecular formula is C13H20N2O2S. The van der Waals surface area contributed by atoms with Crippen molar-refractivity contribution < 1.29 is 8.42 Å². The lowest BCUT2D eigenvalue weighted by molar-refractivity contribution is 0.552. The third kappa shape index (κ3) is 3.54. The summed E-state index contributed by atoms with van der Waals surface area (Å²) in [5, 5.41) is 0. The van der Waals surface area contributed by atoms with Crippen LogP contribution in [0.1, 0.15) is 24.0 Å². The fraction of sp³-hybridized carbons (Fsp3) is 0.538. The molecule has 2 rings (SSSR count). The van der Waals surface area contributed by atoms with Gasteiger partial charge in [-0.25, -0.2) is 13.1 Å². The van der Waals surface area contributed by atoms with Gasteiger partial charge in [-0.2, -0.15) is 0 Å². The van der Waals surface area contributed by atoms with Gasteiger partial charge < -0.3 is 5.73 Å². The predicted molar refractivity (Wildman–Crippen MR) is 72.8 cm³/mol. The molecular weight excluding hydrogens is 248 g/mol. The molecule has 1 aromatic rings. The zero-order chi connectivity index (χ0) is 13.0. The number of benzene rings is 1. The molecule has 3 N–H and O–H groups in total. The van der Waals surface area contributed by atoms with Crippen LogP contribution >= 0.6 is 0 Å². The van der Waals surface area contributed by atoms with Gasteiger partial charge in [0.15, 0.2) is 0 Å². The Morgan fingerprint density at radius 1 is 1.17 bits per heavy atom. The van der Waals surface area contributed by atoms with Crippen LogP contribution in [0.4, 0.5) is 0 Å². The van der Waals surface area contributed by atoms with E-state index in [1.165, 1.54) is 11.1 Å². The average molecular weight is 268 g/mol. The second-order valence-electron chi connectivity index (χ2n) is 4.81. The van der Waals surface area contributed by atoms with Crippen molar-refractivity contribution in [3.05, 3.63) is 35.4 Å². The zero-order valence-corrected chi connectivity index (χ0v) is 11.2. The van der Waals surface area contributed by atoms with Gasteiger partial charge in [0.05, 0.1) is 5.75 Å². The fourth-order valence-corrected chi connectivity index (χ4v) is 3.77. The molecule has 100 valence electrons. The van der Waals surface area contributed by atoms with E-state index in [2.05, 4.69) is 16.9 Å². The van der Waals surface area contributed by atoms with Crippen molar-refractivity contribution in [3.8, 4) is 0 Å². The zero-order valence-electron chi connectivity index (χ0n) is 10.4. The topological polar surface area (TPSA) is 72.2 Å². The second kappa shape index (κ2) is 5.82. The molecule has 0 spiro atoms. The summed E-state index contributed by atoms with van der Waals surface area (Å²) >= 11 is 0. The summed E-state index contributed by atoms with van der Waals surface area (Å²) in [6.45, 7) is 0.546. The maximum atomic E-state index is 11.9. The van der Waals surface area contributed by atoms with Crippen LogP contribution < -0.4 is 10.5 Å². The minimum atomic E-state index is -3.16. The van der Waals surface area contributed by atoms with Crippen LogP contribution in [-0.2, 0) is 22.9 Å². The van der Waals surface area contributed by atoms with E-state index in [4.69, 9.17) is 5.73 Å². The fourth-order valence-electron chi connectivity index (χ4n) is 2.39. The summed E-state index contributed by atoms with van der Waals surface area (Å²) < 4.78 is 26.5. The molecule has 18 heavy (non-hydrogen) atoms. The number of sulfonamides is 1. The van der Waals surface area contributed by atoms with Crippen molar-refractivity contribution in [1.29, 1.82) is 0 Å². The molecule has 4 nitrogen and oxygen atoms in total. The third-order valence-corrected chi connectivity index (χ3v) is 4.78. The maximum absolute atomic E-state index is 11.9. The Balaban J connectivity index is 1.89. The Bertz CT molecular complexity index is 474. The van der Waals surface area contributed by atoms with Gasteiger partial charge in [0.1, 0.15) is 0 Å². The Hall–Kier alpha value is -0.910. The Labute approximate surface area is 109 Å². The van der Waals surface area contributed by atoms with Gasteiger partial charge in [-0.15, -0.1) is 0 Å². The van der Waals surface area contributed by atoms with Gasteiger partial charge >= 0.3 is 0 Å². The van der Waals surface area contributed by atoms with E-state index in [-0.39, 0.29) is 11.8 Å². The molecule has 0 amide bonds. The van der Waals surface area contributed by atoms with E-state index < -0.39 is 10.0 Å². The number of hydrogen-bond donors (Lipinski definition) is 2. The highest BCUT2D eigenvalue weighted by molar-refractivity contribution is 7.89. The monoisotopic (exact) mass is 268 g/mol. The highest BCUT2D eigenvalue weighted by Gasteiger charge is 2.24. The predicted octanol–water partition coefficient (Wildman–Crippen LogP) is 0.812. The molecule has 0 fully saturated rings. The largest absolute Gasteiger partial charge is 0.330 e. The van der Waals surface area contributed by atoms with Gasteiger partial charge in [-0.3, -0.25) is 0 Å². The molecule has 1 aliphatic rings. The number of unbranched alkanes of at least 4 members (excludes halogenated alkanes) is 1. The van der Waals surface area contributed by atoms with Crippen molar-refractivity contribution >= 4 is 10.0 Å². The minimum Gasteiger partial charge on any atom is -0.330 e. The molecule has 0 bridgehead atoms. The Morgan fingerprint density at radius 2 is 1.78 bits per heavy atom. The molecule has 0 saturated carbocycles. The second-order valence-corrected chi connectivity index (χ2v) is 6.68. The van der Waals surface area contributed by atoms with Crippen LogP contribution in [0.25, 0.3) is 0 Å². The summed E-state index contributed by atoms with van der Waals surface area (Å²) in [5.74, 6) is 0.178. The van der Waals surface area contributed by atoms with Gasteiger partial charge in [0, 0.05) is 6.04 Å². The van der Waals surface area contributed by atoms with Gasteiger partial charge in [-0.1, -0.05) is 24.3 Å². The van der Waals surface area contributed by atoms with Crippen molar-refractivity contribution in [2.45, 2.75) is 31.7 Å². The smallest absolute Gasteiger partial charge is 0.211 e. The number of nitrogens with one attached hydrogen (secondary N) is 1. The van der Waals surface area contributed by atoms with Crippen LogP contribution in [0.5, 0.6) is 0 Å². The maximum Gasteiger partial charge on any atom is 0.211 e. The summed E-state index contributed by atoms with van der Waals surface area (Å²) in [4.78, 5) is 0. The Kier molecular flexibility index (Phi) is 4.37. The highest BCUT2D eigenvalue weighted by Crippen LogP contribution is 2.22. The van der Waals surface area contributed by atoms with Crippen molar-refractivity contribution in [1.82, 2.24) is 4.72 Å². The van der Waals surface area contributed by atoms with Crippen LogP contribution in [0, 0.1) is 0 Å². The van der Waals surface area contributed by atoms with Crippen LogP contribution in [0.15, 0.2) is 24.3 Å². The highest BCUT2D eigenvalue weighted by atomic mass is 32.2. The first-order valence-electron chi connectivity index (χ1n) is 6.37. The van der Waals surface area contributed by atoms with Crippen molar-refractivity contribution in [3.63, 3.8) is 0 Å². The molecule has 5 heteroatoms. The SMILES string of the molecule is NCCCCS(=O)(=O)NC1Cc2ccccc2C1. The number of nitrogens with two attached hydrogens (primary N) is 1. The molecule has 0 radical (unpaired) electrons. The number of fused-ring (bicyclic) bond motifs is 1. The normalized spacial score (nSPS) is 15.8. The molecule has 0 atom stereocenters. The lowest BCUT2D eigenvalue weighted by Gasteiger charge is -2.12. The number of rotatable bonds is 6. The molecule has 0 aromatic heterocycles. The summed E-state index contributed by atoms with van der Waals surface area (Å²) in [5.41, 5.74) is 7.88. The van der Waals surface area contributed by atoms with Gasteiger partial charge in [0.25, 0.3) is 0 Å². The third-order valence-electron chi connectivity index (χ3n) is 3.26. The minimum absolute atomic E-state index is 0.0188. The summed E-state index contributed by atoms with van der Waals surface area (Å²) in [7, 11) is -3.16. The molecule has 0 heterocycles. The van der Waals surface area contributed by atoms with Crippen LogP contribution in [-0.4, -0.2) is 26.8 Å². The van der Waals surface area contributed by atoms with E-state index in [0.29, 0.717) is 13.0 Å². The van der Waals surface area contributed by atoms with Crippen LogP contribution in [0.2, 0.25) is 0 Å². The van der Waals surface area contributed by atoms with E-state index in [0.717, 1.165) is 19.3 Å². The van der Waals surface area contributed by atoms with Crippen molar-refractivity contribution in [2.75, 3.05) is 12.3 Å². The van der Waals surface area contributed by atoms with E-state index >= 15 is 0 Å².